The highest BCUT2D eigenvalue weighted by Gasteiger charge is 2.13. The van der Waals surface area contributed by atoms with Crippen molar-refractivity contribution in [2.45, 2.75) is 38.5 Å². The predicted octanol–water partition coefficient (Wildman–Crippen LogP) is 1.80. The molecule has 0 rings (SSSR count). The van der Waals surface area contributed by atoms with Crippen molar-refractivity contribution in [3.05, 3.63) is 0 Å². The summed E-state index contributed by atoms with van der Waals surface area (Å²) in [6, 6.07) is 0. The molecular weight excluding hydrogens is 328 g/mol. The van der Waals surface area contributed by atoms with Crippen LogP contribution in [-0.2, 0) is 28.6 Å². The second-order valence-corrected chi connectivity index (χ2v) is 5.15. The quantitative estimate of drug-likeness (QED) is 0.196. The van der Waals surface area contributed by atoms with Gasteiger partial charge in [-0.2, -0.15) is 0 Å². The smallest absolute Gasteiger partial charge is 0.372 e. The summed E-state index contributed by atoms with van der Waals surface area (Å²) in [4.78, 5) is 32.2. The number of halogens is 1. The van der Waals surface area contributed by atoms with Gasteiger partial charge < -0.3 is 19.3 Å². The zero-order valence-electron chi connectivity index (χ0n) is 13.3. The van der Waals surface area contributed by atoms with Gasteiger partial charge in [-0.25, -0.2) is 4.79 Å². The lowest BCUT2D eigenvalue weighted by molar-refractivity contribution is -0.151. The summed E-state index contributed by atoms with van der Waals surface area (Å²) in [6.45, 7) is 1.89. The highest BCUT2D eigenvalue weighted by Crippen LogP contribution is 2.01. The van der Waals surface area contributed by atoms with Crippen LogP contribution in [0.5, 0.6) is 0 Å². The third-order valence-electron chi connectivity index (χ3n) is 2.83. The van der Waals surface area contributed by atoms with E-state index in [9.17, 15) is 14.4 Å². The molecule has 0 aromatic carbocycles. The van der Waals surface area contributed by atoms with Gasteiger partial charge in [0.15, 0.2) is 0 Å². The number of hydrogen-bond donors (Lipinski definition) is 1. The molecule has 7 nitrogen and oxygen atoms in total. The van der Waals surface area contributed by atoms with Crippen LogP contribution in [0.2, 0.25) is 0 Å². The number of rotatable bonds is 16. The maximum Gasteiger partial charge on any atom is 0.372 e. The Balaban J connectivity index is 3.25. The fourth-order valence-electron chi connectivity index (χ4n) is 1.58. The molecule has 0 atom stereocenters. The molecule has 23 heavy (non-hydrogen) atoms. The SMILES string of the molecule is O=C(CCC(=O)C(=O)O)OCCOCCOCCCCCCCl. The fraction of sp³-hybridized carbons (Fsp3) is 0.800. The molecule has 0 saturated heterocycles. The third kappa shape index (κ3) is 15.5. The van der Waals surface area contributed by atoms with E-state index in [1.165, 1.54) is 0 Å². The van der Waals surface area contributed by atoms with Crippen molar-refractivity contribution in [1.82, 2.24) is 0 Å². The molecule has 0 aromatic heterocycles. The van der Waals surface area contributed by atoms with Gasteiger partial charge in [-0.05, 0) is 12.8 Å². The molecule has 0 spiro atoms. The summed E-state index contributed by atoms with van der Waals surface area (Å²) in [7, 11) is 0. The third-order valence-corrected chi connectivity index (χ3v) is 3.10. The van der Waals surface area contributed by atoms with Crippen molar-refractivity contribution >= 4 is 29.3 Å². The fourth-order valence-corrected chi connectivity index (χ4v) is 1.77. The Morgan fingerprint density at radius 1 is 0.783 bits per heavy atom. The first-order valence-corrected chi connectivity index (χ1v) is 8.24. The van der Waals surface area contributed by atoms with Crippen molar-refractivity contribution < 1.29 is 33.7 Å². The maximum absolute atomic E-state index is 11.2. The number of hydrogen-bond acceptors (Lipinski definition) is 6. The van der Waals surface area contributed by atoms with Crippen molar-refractivity contribution in [3.8, 4) is 0 Å². The molecule has 0 heterocycles. The van der Waals surface area contributed by atoms with Crippen LogP contribution in [0.15, 0.2) is 0 Å². The van der Waals surface area contributed by atoms with Crippen LogP contribution >= 0.6 is 11.6 Å². The Morgan fingerprint density at radius 2 is 1.39 bits per heavy atom. The maximum atomic E-state index is 11.2. The highest BCUT2D eigenvalue weighted by molar-refractivity contribution is 6.32. The first-order valence-electron chi connectivity index (χ1n) is 7.71. The first kappa shape index (κ1) is 21.8. The summed E-state index contributed by atoms with van der Waals surface area (Å²) < 4.78 is 15.4. The van der Waals surface area contributed by atoms with Gasteiger partial charge in [-0.1, -0.05) is 12.8 Å². The van der Waals surface area contributed by atoms with Crippen LogP contribution in [-0.4, -0.2) is 61.7 Å². The number of unbranched alkanes of at least 4 members (excludes halogenated alkanes) is 3. The molecule has 0 fully saturated rings. The number of aliphatic carboxylic acids is 1. The van der Waals surface area contributed by atoms with Crippen molar-refractivity contribution in [2.75, 3.05) is 38.9 Å². The van der Waals surface area contributed by atoms with E-state index in [2.05, 4.69) is 0 Å². The van der Waals surface area contributed by atoms with E-state index in [0.29, 0.717) is 25.7 Å². The molecule has 0 unspecified atom stereocenters. The first-order chi connectivity index (χ1) is 11.1. The van der Waals surface area contributed by atoms with E-state index in [-0.39, 0.29) is 26.1 Å². The van der Waals surface area contributed by atoms with Gasteiger partial charge in [0.25, 0.3) is 0 Å². The minimum atomic E-state index is -1.54. The van der Waals surface area contributed by atoms with E-state index < -0.39 is 17.7 Å². The Morgan fingerprint density at radius 3 is 2.04 bits per heavy atom. The van der Waals surface area contributed by atoms with Gasteiger partial charge in [0.2, 0.25) is 5.78 Å². The zero-order valence-corrected chi connectivity index (χ0v) is 14.0. The Hall–Kier alpha value is -1.18. The van der Waals surface area contributed by atoms with Crippen LogP contribution in [0.1, 0.15) is 38.5 Å². The minimum absolute atomic E-state index is 0.0680. The molecule has 0 aliphatic carbocycles. The van der Waals surface area contributed by atoms with Gasteiger partial charge in [0.1, 0.15) is 6.61 Å². The zero-order chi connectivity index (χ0) is 17.3. The average Bonchev–Trinajstić information content (AvgIpc) is 2.53. The molecule has 0 saturated carbocycles. The Bertz CT molecular complexity index is 347. The lowest BCUT2D eigenvalue weighted by atomic mass is 10.2. The Kier molecular flexibility index (Phi) is 14.9. The molecule has 0 amide bonds. The van der Waals surface area contributed by atoms with E-state index in [4.69, 9.17) is 30.9 Å². The van der Waals surface area contributed by atoms with Crippen LogP contribution in [0.4, 0.5) is 0 Å². The number of carboxylic acids is 1. The largest absolute Gasteiger partial charge is 0.476 e. The number of ether oxygens (including phenoxy) is 3. The van der Waals surface area contributed by atoms with Crippen molar-refractivity contribution in [3.63, 3.8) is 0 Å². The second-order valence-electron chi connectivity index (χ2n) is 4.78. The topological polar surface area (TPSA) is 99.1 Å². The van der Waals surface area contributed by atoms with Crippen molar-refractivity contribution in [1.29, 1.82) is 0 Å². The number of Topliss-reactive ketones (excluding diaryl/α,β-unsaturated/α-hetero) is 1. The van der Waals surface area contributed by atoms with E-state index >= 15 is 0 Å². The molecule has 0 bridgehead atoms. The molecule has 0 radical (unpaired) electrons. The molecule has 134 valence electrons. The lowest BCUT2D eigenvalue weighted by Crippen LogP contribution is -2.17. The van der Waals surface area contributed by atoms with Crippen LogP contribution < -0.4 is 0 Å². The Labute approximate surface area is 141 Å². The van der Waals surface area contributed by atoms with Gasteiger partial charge in [-0.3, -0.25) is 9.59 Å². The monoisotopic (exact) mass is 352 g/mol. The number of ketones is 1. The van der Waals surface area contributed by atoms with Crippen molar-refractivity contribution in [2.24, 2.45) is 0 Å². The highest BCUT2D eigenvalue weighted by atomic mass is 35.5. The number of carbonyl (C=O) groups excluding carboxylic acids is 2. The second kappa shape index (κ2) is 15.7. The van der Waals surface area contributed by atoms with Crippen LogP contribution in [0.3, 0.4) is 0 Å². The average molecular weight is 353 g/mol. The molecule has 1 N–H and O–H groups in total. The van der Waals surface area contributed by atoms with Crippen LogP contribution in [0.25, 0.3) is 0 Å². The normalized spacial score (nSPS) is 10.5. The molecule has 8 heteroatoms. The number of carboxylic acid groups (broad SMARTS) is 1. The summed E-state index contributed by atoms with van der Waals surface area (Å²) in [5.41, 5.74) is 0. The number of alkyl halides is 1. The van der Waals surface area contributed by atoms with Gasteiger partial charge in [0.05, 0.1) is 26.2 Å². The summed E-state index contributed by atoms with van der Waals surface area (Å²) >= 11 is 5.57. The number of carbonyl (C=O) groups is 3. The molecule has 0 aliphatic rings. The van der Waals surface area contributed by atoms with Gasteiger partial charge >= 0.3 is 11.9 Å². The molecule has 0 aromatic rings. The summed E-state index contributed by atoms with van der Waals surface area (Å²) in [5.74, 6) is -2.45. The summed E-state index contributed by atoms with van der Waals surface area (Å²) in [6.07, 6.45) is 3.67. The van der Waals surface area contributed by atoms with E-state index in [1.54, 1.807) is 0 Å². The molecular formula is C15H25ClO7. The van der Waals surface area contributed by atoms with E-state index in [1.807, 2.05) is 0 Å². The number of esters is 1. The van der Waals surface area contributed by atoms with E-state index in [0.717, 1.165) is 25.7 Å². The van der Waals surface area contributed by atoms with Crippen LogP contribution in [0, 0.1) is 0 Å². The summed E-state index contributed by atoms with van der Waals surface area (Å²) in [5, 5.41) is 8.34. The lowest BCUT2D eigenvalue weighted by Gasteiger charge is -2.07. The van der Waals surface area contributed by atoms with Gasteiger partial charge in [-0.15, -0.1) is 11.6 Å². The minimum Gasteiger partial charge on any atom is -0.476 e. The molecule has 0 aliphatic heterocycles. The standard InChI is InChI=1S/C15H25ClO7/c16-7-3-1-2-4-8-21-9-10-22-11-12-23-14(18)6-5-13(17)15(19)20/h1-12H2,(H,19,20). The van der Waals surface area contributed by atoms with Gasteiger partial charge in [0, 0.05) is 18.9 Å². The predicted molar refractivity (Wildman–Crippen MR) is 83.7 cm³/mol.